The zero-order valence-electron chi connectivity index (χ0n) is 12.1. The Kier molecular flexibility index (Phi) is 4.95. The summed E-state index contributed by atoms with van der Waals surface area (Å²) in [4.78, 5) is 4.38. The molecule has 0 spiro atoms. The van der Waals surface area contributed by atoms with Crippen LogP contribution in [0.2, 0.25) is 0 Å². The van der Waals surface area contributed by atoms with Gasteiger partial charge in [-0.15, -0.1) is 0 Å². The zero-order valence-corrected chi connectivity index (χ0v) is 12.9. The Hall–Kier alpha value is -1.62. The summed E-state index contributed by atoms with van der Waals surface area (Å²) in [7, 11) is 0.875. The summed E-state index contributed by atoms with van der Waals surface area (Å²) in [5.74, 6) is 1.66. The van der Waals surface area contributed by atoms with Crippen LogP contribution in [0.3, 0.4) is 0 Å². The molecule has 0 aliphatic heterocycles. The Labute approximate surface area is 122 Å². The molecule has 0 bridgehead atoms. The predicted molar refractivity (Wildman–Crippen MR) is 84.9 cm³/mol. The van der Waals surface area contributed by atoms with Gasteiger partial charge in [0.2, 0.25) is 0 Å². The van der Waals surface area contributed by atoms with E-state index in [0.717, 1.165) is 35.3 Å². The quantitative estimate of drug-likeness (QED) is 0.889. The summed E-state index contributed by atoms with van der Waals surface area (Å²) in [5.41, 5.74) is 0. The number of hydrogen-bond acceptors (Lipinski definition) is 4. The topological polar surface area (TPSA) is 51.2 Å². The molecule has 0 fully saturated rings. The molecule has 0 saturated heterocycles. The SMILES string of the molecule is COc1ccc2ccnc(NCCC(C)S(C)=O)c2c1. The van der Waals surface area contributed by atoms with Gasteiger partial charge in [0.05, 0.1) is 7.11 Å². The maximum Gasteiger partial charge on any atom is 0.133 e. The van der Waals surface area contributed by atoms with Crippen LogP contribution in [0.15, 0.2) is 30.5 Å². The molecule has 1 aromatic carbocycles. The number of benzene rings is 1. The van der Waals surface area contributed by atoms with E-state index in [-0.39, 0.29) is 5.25 Å². The molecule has 1 heterocycles. The molecule has 2 aromatic rings. The van der Waals surface area contributed by atoms with Crippen molar-refractivity contribution in [3.05, 3.63) is 30.5 Å². The van der Waals surface area contributed by atoms with Crippen molar-refractivity contribution in [2.75, 3.05) is 25.2 Å². The monoisotopic (exact) mass is 292 g/mol. The first-order chi connectivity index (χ1) is 9.61. The van der Waals surface area contributed by atoms with Crippen LogP contribution in [-0.4, -0.2) is 34.4 Å². The Morgan fingerprint density at radius 2 is 2.20 bits per heavy atom. The summed E-state index contributed by atoms with van der Waals surface area (Å²) in [6.07, 6.45) is 4.38. The largest absolute Gasteiger partial charge is 0.497 e. The van der Waals surface area contributed by atoms with Gasteiger partial charge in [-0.2, -0.15) is 0 Å². The van der Waals surface area contributed by atoms with Crippen molar-refractivity contribution < 1.29 is 8.95 Å². The average molecular weight is 292 g/mol. The Balaban J connectivity index is 2.15. The second-order valence-electron chi connectivity index (χ2n) is 4.77. The minimum absolute atomic E-state index is 0.187. The van der Waals surface area contributed by atoms with Crippen LogP contribution in [0.5, 0.6) is 5.75 Å². The molecule has 2 atom stereocenters. The van der Waals surface area contributed by atoms with Crippen LogP contribution in [-0.2, 0) is 10.8 Å². The third kappa shape index (κ3) is 3.48. The van der Waals surface area contributed by atoms with E-state index in [9.17, 15) is 4.21 Å². The van der Waals surface area contributed by atoms with E-state index >= 15 is 0 Å². The van der Waals surface area contributed by atoms with Gasteiger partial charge in [-0.1, -0.05) is 13.0 Å². The lowest BCUT2D eigenvalue weighted by atomic mass is 10.1. The maximum absolute atomic E-state index is 11.3. The number of fused-ring (bicyclic) bond motifs is 1. The standard InChI is InChI=1S/C15H20N2O2S/c1-11(20(3)18)6-8-16-15-14-10-13(19-2)5-4-12(14)7-9-17-15/h4-5,7,9-11H,6,8H2,1-3H3,(H,16,17). The third-order valence-corrected chi connectivity index (χ3v) is 4.75. The van der Waals surface area contributed by atoms with E-state index in [1.165, 1.54) is 0 Å². The highest BCUT2D eigenvalue weighted by Gasteiger charge is 2.07. The highest BCUT2D eigenvalue weighted by Crippen LogP contribution is 2.25. The van der Waals surface area contributed by atoms with E-state index in [1.807, 2.05) is 31.2 Å². The highest BCUT2D eigenvalue weighted by molar-refractivity contribution is 7.84. The van der Waals surface area contributed by atoms with E-state index in [4.69, 9.17) is 4.74 Å². The normalized spacial score (nSPS) is 13.9. The minimum atomic E-state index is -0.781. The molecule has 2 rings (SSSR count). The van der Waals surface area contributed by atoms with Crippen molar-refractivity contribution in [2.24, 2.45) is 0 Å². The molecule has 0 saturated carbocycles. The molecule has 4 nitrogen and oxygen atoms in total. The van der Waals surface area contributed by atoms with E-state index < -0.39 is 10.8 Å². The van der Waals surface area contributed by atoms with Gasteiger partial charge in [-0.05, 0) is 30.0 Å². The zero-order chi connectivity index (χ0) is 14.5. The number of nitrogens with one attached hydrogen (secondary N) is 1. The summed E-state index contributed by atoms with van der Waals surface area (Å²) < 4.78 is 16.6. The number of nitrogens with zero attached hydrogens (tertiary/aromatic N) is 1. The summed E-state index contributed by atoms with van der Waals surface area (Å²) in [5, 5.41) is 5.67. The molecule has 5 heteroatoms. The fourth-order valence-electron chi connectivity index (χ4n) is 1.98. The molecule has 2 unspecified atom stereocenters. The van der Waals surface area contributed by atoms with Crippen LogP contribution in [0.1, 0.15) is 13.3 Å². The molecule has 1 aromatic heterocycles. The van der Waals surface area contributed by atoms with E-state index in [1.54, 1.807) is 19.6 Å². The van der Waals surface area contributed by atoms with Crippen molar-refractivity contribution in [2.45, 2.75) is 18.6 Å². The molecule has 0 radical (unpaired) electrons. The maximum atomic E-state index is 11.3. The number of methoxy groups -OCH3 is 1. The first-order valence-electron chi connectivity index (χ1n) is 6.60. The molecule has 0 aliphatic carbocycles. The lowest BCUT2D eigenvalue weighted by molar-refractivity contribution is 0.415. The van der Waals surface area contributed by atoms with Crippen LogP contribution in [0.25, 0.3) is 10.8 Å². The van der Waals surface area contributed by atoms with Gasteiger partial charge in [0.15, 0.2) is 0 Å². The van der Waals surface area contributed by atoms with Crippen LogP contribution < -0.4 is 10.1 Å². The van der Waals surface area contributed by atoms with Crippen molar-refractivity contribution in [1.82, 2.24) is 4.98 Å². The summed E-state index contributed by atoms with van der Waals surface area (Å²) in [6, 6.07) is 7.91. The van der Waals surface area contributed by atoms with Crippen LogP contribution in [0.4, 0.5) is 5.82 Å². The molecular formula is C15H20N2O2S. The number of anilines is 1. The Bertz CT molecular complexity index is 616. The van der Waals surface area contributed by atoms with Gasteiger partial charge in [0.1, 0.15) is 11.6 Å². The molecule has 0 aliphatic rings. The van der Waals surface area contributed by atoms with Gasteiger partial charge in [-0.25, -0.2) is 4.98 Å². The smallest absolute Gasteiger partial charge is 0.133 e. The summed E-state index contributed by atoms with van der Waals surface area (Å²) in [6.45, 7) is 2.75. The first-order valence-corrected chi connectivity index (χ1v) is 8.23. The average Bonchev–Trinajstić information content (AvgIpc) is 2.46. The minimum Gasteiger partial charge on any atom is -0.497 e. The lowest BCUT2D eigenvalue weighted by Gasteiger charge is -2.12. The van der Waals surface area contributed by atoms with Crippen molar-refractivity contribution in [3.63, 3.8) is 0 Å². The van der Waals surface area contributed by atoms with Gasteiger partial charge < -0.3 is 10.1 Å². The van der Waals surface area contributed by atoms with Gasteiger partial charge >= 0.3 is 0 Å². The van der Waals surface area contributed by atoms with Gasteiger partial charge in [0, 0.05) is 40.4 Å². The number of pyridine rings is 1. The number of hydrogen-bond donors (Lipinski definition) is 1. The number of rotatable bonds is 6. The van der Waals surface area contributed by atoms with E-state index in [0.29, 0.717) is 0 Å². The Morgan fingerprint density at radius 1 is 1.40 bits per heavy atom. The number of aromatic nitrogens is 1. The summed E-state index contributed by atoms with van der Waals surface area (Å²) >= 11 is 0. The second kappa shape index (κ2) is 6.70. The molecule has 108 valence electrons. The van der Waals surface area contributed by atoms with Crippen LogP contribution >= 0.6 is 0 Å². The van der Waals surface area contributed by atoms with Crippen molar-refractivity contribution >= 4 is 27.4 Å². The molecule has 20 heavy (non-hydrogen) atoms. The number of ether oxygens (including phenoxy) is 1. The second-order valence-corrected chi connectivity index (χ2v) is 6.57. The molecular weight excluding hydrogens is 272 g/mol. The van der Waals surface area contributed by atoms with E-state index in [2.05, 4.69) is 10.3 Å². The van der Waals surface area contributed by atoms with Gasteiger partial charge in [-0.3, -0.25) is 4.21 Å². The van der Waals surface area contributed by atoms with Crippen molar-refractivity contribution in [1.29, 1.82) is 0 Å². The Morgan fingerprint density at radius 3 is 2.90 bits per heavy atom. The molecule has 0 amide bonds. The first kappa shape index (κ1) is 14.8. The fourth-order valence-corrected chi connectivity index (χ4v) is 2.42. The highest BCUT2D eigenvalue weighted by atomic mass is 32.2. The third-order valence-electron chi connectivity index (χ3n) is 3.38. The van der Waals surface area contributed by atoms with Gasteiger partial charge in [0.25, 0.3) is 0 Å². The lowest BCUT2D eigenvalue weighted by Crippen LogP contribution is -2.15. The predicted octanol–water partition coefficient (Wildman–Crippen LogP) is 2.81. The van der Waals surface area contributed by atoms with Crippen molar-refractivity contribution in [3.8, 4) is 5.75 Å². The molecule has 1 N–H and O–H groups in total. The fraction of sp³-hybridized carbons (Fsp3) is 0.400. The van der Waals surface area contributed by atoms with Crippen LogP contribution in [0, 0.1) is 0 Å².